The maximum absolute atomic E-state index is 4.34. The molecule has 1 fully saturated rings. The zero-order chi connectivity index (χ0) is 12.2. The molecule has 0 spiro atoms. The fraction of sp³-hybridized carbons (Fsp3) is 0.400. The maximum Gasteiger partial charge on any atom is 0.0703 e. The van der Waals surface area contributed by atoms with Crippen LogP contribution in [0.5, 0.6) is 0 Å². The molecule has 2 nitrogen and oxygen atoms in total. The van der Waals surface area contributed by atoms with Gasteiger partial charge in [0.2, 0.25) is 0 Å². The van der Waals surface area contributed by atoms with Crippen molar-refractivity contribution in [1.29, 1.82) is 0 Å². The molecule has 1 atom stereocenters. The van der Waals surface area contributed by atoms with Crippen LogP contribution in [0.4, 0.5) is 5.69 Å². The summed E-state index contributed by atoms with van der Waals surface area (Å²) in [6, 6.07) is 10.5. The molecule has 1 aliphatic heterocycles. The van der Waals surface area contributed by atoms with Gasteiger partial charge >= 0.3 is 0 Å². The molecule has 0 amide bonds. The van der Waals surface area contributed by atoms with Crippen molar-refractivity contribution in [2.75, 3.05) is 23.4 Å². The lowest BCUT2D eigenvalue weighted by atomic mass is 10.1. The lowest BCUT2D eigenvalue weighted by Gasteiger charge is -2.22. The molecule has 1 N–H and O–H groups in total. The molecule has 1 aromatic heterocycles. The molecule has 1 aliphatic rings. The summed E-state index contributed by atoms with van der Waals surface area (Å²) in [6.45, 7) is 1.10. The predicted molar refractivity (Wildman–Crippen MR) is 80.3 cm³/mol. The minimum Gasteiger partial charge on any atom is -0.385 e. The van der Waals surface area contributed by atoms with Gasteiger partial charge in [0.25, 0.3) is 0 Å². The fourth-order valence-corrected chi connectivity index (χ4v) is 3.57. The summed E-state index contributed by atoms with van der Waals surface area (Å²) in [5.74, 6) is 3.48. The molecule has 2 heterocycles. The largest absolute Gasteiger partial charge is 0.385 e. The van der Waals surface area contributed by atoms with Crippen molar-refractivity contribution in [2.45, 2.75) is 12.8 Å². The third kappa shape index (κ3) is 2.78. The summed E-state index contributed by atoms with van der Waals surface area (Å²) in [6.07, 6.45) is 4.59. The van der Waals surface area contributed by atoms with Gasteiger partial charge in [-0.25, -0.2) is 0 Å². The number of pyridine rings is 1. The highest BCUT2D eigenvalue weighted by atomic mass is 32.2. The number of nitrogens with one attached hydrogen (secondary N) is 1. The van der Waals surface area contributed by atoms with Gasteiger partial charge in [0.15, 0.2) is 0 Å². The topological polar surface area (TPSA) is 24.9 Å². The molecule has 0 bridgehead atoms. The van der Waals surface area contributed by atoms with Crippen LogP contribution in [0.15, 0.2) is 36.5 Å². The lowest BCUT2D eigenvalue weighted by molar-refractivity contribution is 0.549. The maximum atomic E-state index is 4.34. The summed E-state index contributed by atoms with van der Waals surface area (Å²) < 4.78 is 0. The molecule has 0 radical (unpaired) electrons. The molecule has 94 valence electrons. The Kier molecular flexibility index (Phi) is 3.69. The zero-order valence-corrected chi connectivity index (χ0v) is 11.2. The Morgan fingerprint density at radius 1 is 1.33 bits per heavy atom. The van der Waals surface area contributed by atoms with Gasteiger partial charge in [0.05, 0.1) is 5.52 Å². The molecule has 0 aliphatic carbocycles. The van der Waals surface area contributed by atoms with Crippen LogP contribution in [0.25, 0.3) is 10.9 Å². The van der Waals surface area contributed by atoms with Crippen molar-refractivity contribution in [3.05, 3.63) is 36.5 Å². The number of fused-ring (bicyclic) bond motifs is 1. The molecule has 2 aromatic rings. The smallest absolute Gasteiger partial charge is 0.0703 e. The van der Waals surface area contributed by atoms with E-state index in [2.05, 4.69) is 46.3 Å². The molecular weight excluding hydrogens is 240 g/mol. The van der Waals surface area contributed by atoms with E-state index in [1.54, 1.807) is 0 Å². The minimum absolute atomic E-state index is 0.827. The van der Waals surface area contributed by atoms with Crippen LogP contribution in [0.1, 0.15) is 12.8 Å². The number of nitrogens with zero attached hydrogens (tertiary/aromatic N) is 1. The molecule has 3 rings (SSSR count). The first-order chi connectivity index (χ1) is 8.92. The van der Waals surface area contributed by atoms with E-state index in [0.29, 0.717) is 0 Å². The van der Waals surface area contributed by atoms with Gasteiger partial charge in [-0.3, -0.25) is 4.98 Å². The molecule has 18 heavy (non-hydrogen) atoms. The molecule has 0 saturated carbocycles. The van der Waals surface area contributed by atoms with Crippen molar-refractivity contribution < 1.29 is 0 Å². The van der Waals surface area contributed by atoms with Gasteiger partial charge in [-0.15, -0.1) is 0 Å². The standard InChI is InChI=1S/C15H18N2S/c1-4-13-9-14(5-6-15(13)16-7-1)17-10-12-3-2-8-18-11-12/h1,4-7,9,12,17H,2-3,8,10-11H2. The van der Waals surface area contributed by atoms with Crippen LogP contribution >= 0.6 is 11.8 Å². The first kappa shape index (κ1) is 11.8. The van der Waals surface area contributed by atoms with E-state index in [9.17, 15) is 0 Å². The Balaban J connectivity index is 1.66. The summed E-state index contributed by atoms with van der Waals surface area (Å²) >= 11 is 2.09. The highest BCUT2D eigenvalue weighted by molar-refractivity contribution is 7.99. The van der Waals surface area contributed by atoms with E-state index in [-0.39, 0.29) is 0 Å². The number of hydrogen-bond acceptors (Lipinski definition) is 3. The van der Waals surface area contributed by atoms with Crippen LogP contribution < -0.4 is 5.32 Å². The quantitative estimate of drug-likeness (QED) is 0.906. The third-order valence-corrected chi connectivity index (χ3v) is 4.74. The van der Waals surface area contributed by atoms with E-state index in [0.717, 1.165) is 18.0 Å². The van der Waals surface area contributed by atoms with Crippen molar-refractivity contribution in [3.63, 3.8) is 0 Å². The van der Waals surface area contributed by atoms with Gasteiger partial charge in [0, 0.05) is 23.8 Å². The Labute approximate surface area is 112 Å². The SMILES string of the molecule is c1cnc2ccc(NCC3CCCSC3)cc2c1. The Morgan fingerprint density at radius 3 is 3.22 bits per heavy atom. The van der Waals surface area contributed by atoms with Crippen molar-refractivity contribution >= 4 is 28.4 Å². The summed E-state index contributed by atoms with van der Waals surface area (Å²) in [7, 11) is 0. The predicted octanol–water partition coefficient (Wildman–Crippen LogP) is 3.79. The number of anilines is 1. The van der Waals surface area contributed by atoms with Crippen LogP contribution in [0, 0.1) is 5.92 Å². The molecule has 1 aromatic carbocycles. The monoisotopic (exact) mass is 258 g/mol. The third-order valence-electron chi connectivity index (χ3n) is 3.45. The van der Waals surface area contributed by atoms with E-state index in [1.807, 2.05) is 12.3 Å². The van der Waals surface area contributed by atoms with Gasteiger partial charge < -0.3 is 5.32 Å². The average Bonchev–Trinajstić information content (AvgIpc) is 2.46. The van der Waals surface area contributed by atoms with E-state index >= 15 is 0 Å². The summed E-state index contributed by atoms with van der Waals surface area (Å²) in [4.78, 5) is 4.34. The second-order valence-corrected chi connectivity index (χ2v) is 6.02. The van der Waals surface area contributed by atoms with Crippen LogP contribution in [-0.2, 0) is 0 Å². The van der Waals surface area contributed by atoms with Crippen LogP contribution in [0.2, 0.25) is 0 Å². The number of thioether (sulfide) groups is 1. The lowest BCUT2D eigenvalue weighted by Crippen LogP contribution is -2.19. The Morgan fingerprint density at radius 2 is 2.33 bits per heavy atom. The second kappa shape index (κ2) is 5.61. The number of rotatable bonds is 3. The van der Waals surface area contributed by atoms with Crippen molar-refractivity contribution in [2.24, 2.45) is 5.92 Å². The highest BCUT2D eigenvalue weighted by Crippen LogP contribution is 2.23. The van der Waals surface area contributed by atoms with Crippen molar-refractivity contribution in [3.8, 4) is 0 Å². The van der Waals surface area contributed by atoms with Gasteiger partial charge in [-0.2, -0.15) is 11.8 Å². The Hall–Kier alpha value is -1.22. The summed E-state index contributed by atoms with van der Waals surface area (Å²) in [5, 5.41) is 4.77. The average molecular weight is 258 g/mol. The number of benzene rings is 1. The zero-order valence-electron chi connectivity index (χ0n) is 10.4. The summed E-state index contributed by atoms with van der Waals surface area (Å²) in [5.41, 5.74) is 2.28. The fourth-order valence-electron chi connectivity index (χ4n) is 2.42. The van der Waals surface area contributed by atoms with Gasteiger partial charge in [-0.05, 0) is 54.5 Å². The van der Waals surface area contributed by atoms with E-state index in [4.69, 9.17) is 0 Å². The normalized spacial score (nSPS) is 19.9. The van der Waals surface area contributed by atoms with Crippen LogP contribution in [0.3, 0.4) is 0 Å². The first-order valence-electron chi connectivity index (χ1n) is 6.58. The van der Waals surface area contributed by atoms with Gasteiger partial charge in [-0.1, -0.05) is 6.07 Å². The molecule has 3 heteroatoms. The highest BCUT2D eigenvalue weighted by Gasteiger charge is 2.13. The Bertz CT molecular complexity index is 521. The molecular formula is C15H18N2S. The van der Waals surface area contributed by atoms with Crippen LogP contribution in [-0.4, -0.2) is 23.0 Å². The molecule has 1 saturated heterocycles. The van der Waals surface area contributed by atoms with E-state index < -0.39 is 0 Å². The number of hydrogen-bond donors (Lipinski definition) is 1. The number of aromatic nitrogens is 1. The van der Waals surface area contributed by atoms with Gasteiger partial charge in [0.1, 0.15) is 0 Å². The van der Waals surface area contributed by atoms with Crippen molar-refractivity contribution in [1.82, 2.24) is 4.98 Å². The second-order valence-electron chi connectivity index (χ2n) is 4.87. The minimum atomic E-state index is 0.827. The molecule has 1 unspecified atom stereocenters. The van der Waals surface area contributed by atoms with E-state index in [1.165, 1.54) is 35.4 Å². The first-order valence-corrected chi connectivity index (χ1v) is 7.74.